The number of aryl methyl sites for hydroxylation is 1. The van der Waals surface area contributed by atoms with E-state index in [1.54, 1.807) is 12.1 Å². The number of hydrogen-bond donors (Lipinski definition) is 2. The van der Waals surface area contributed by atoms with E-state index in [0.717, 1.165) is 31.6 Å². The van der Waals surface area contributed by atoms with E-state index in [4.69, 9.17) is 4.42 Å². The number of carbonyl (C=O) groups is 2. The second kappa shape index (κ2) is 8.63. The molecule has 2 aromatic heterocycles. The summed E-state index contributed by atoms with van der Waals surface area (Å²) in [6, 6.07) is 15.6. The summed E-state index contributed by atoms with van der Waals surface area (Å²) in [5, 5.41) is 6.56. The van der Waals surface area contributed by atoms with Gasteiger partial charge in [0.1, 0.15) is 0 Å². The summed E-state index contributed by atoms with van der Waals surface area (Å²) in [6.45, 7) is 4.58. The molecule has 0 radical (unpaired) electrons. The zero-order chi connectivity index (χ0) is 20.2. The summed E-state index contributed by atoms with van der Waals surface area (Å²) < 4.78 is 5.10. The number of nitrogens with one attached hydrogen (secondary N) is 2. The van der Waals surface area contributed by atoms with Crippen LogP contribution in [0.2, 0.25) is 0 Å². The maximum absolute atomic E-state index is 12.8. The Balaban J connectivity index is 1.33. The van der Waals surface area contributed by atoms with E-state index in [2.05, 4.69) is 27.7 Å². The Bertz CT molecular complexity index is 982. The number of thiophene rings is 1. The first kappa shape index (κ1) is 19.4. The van der Waals surface area contributed by atoms with Gasteiger partial charge in [-0.1, -0.05) is 30.3 Å². The van der Waals surface area contributed by atoms with Crippen LogP contribution in [0.5, 0.6) is 0 Å². The van der Waals surface area contributed by atoms with E-state index in [-0.39, 0.29) is 23.6 Å². The molecular weight excluding hydrogens is 386 g/mol. The molecule has 3 aromatic rings. The number of furan rings is 1. The molecule has 1 aliphatic heterocycles. The normalized spacial score (nSPS) is 16.7. The fourth-order valence-electron chi connectivity index (χ4n) is 3.54. The summed E-state index contributed by atoms with van der Waals surface area (Å²) in [7, 11) is 0. The second-order valence-electron chi connectivity index (χ2n) is 7.23. The van der Waals surface area contributed by atoms with Gasteiger partial charge in [0.2, 0.25) is 0 Å². The van der Waals surface area contributed by atoms with E-state index >= 15 is 0 Å². The molecular formula is C22H23N3O3S. The third kappa shape index (κ3) is 4.75. The summed E-state index contributed by atoms with van der Waals surface area (Å²) in [5.41, 5.74) is 2.13. The Morgan fingerprint density at radius 2 is 2.00 bits per heavy atom. The first-order chi connectivity index (χ1) is 14.1. The molecule has 2 amide bonds. The molecule has 0 aliphatic carbocycles. The minimum atomic E-state index is -0.324. The monoisotopic (exact) mass is 409 g/mol. The van der Waals surface area contributed by atoms with Gasteiger partial charge < -0.3 is 15.1 Å². The average molecular weight is 410 g/mol. The standard InChI is InChI=1S/C22H23N3O3S/c1-15-12-19(24-21(26)18-8-5-11-28-18)29-20(15)22(27)23-17-9-10-25(14-17)13-16-6-3-2-4-7-16/h2-8,11-12,17H,9-10,13-14H2,1H3,(H,23,27)(H,24,26)/t17-/m1/s1. The second-order valence-corrected chi connectivity index (χ2v) is 8.29. The number of amides is 2. The van der Waals surface area contributed by atoms with Gasteiger partial charge in [-0.15, -0.1) is 11.3 Å². The quantitative estimate of drug-likeness (QED) is 0.647. The number of likely N-dealkylation sites (tertiary alicyclic amines) is 1. The number of hydrogen-bond acceptors (Lipinski definition) is 5. The van der Waals surface area contributed by atoms with Crippen LogP contribution in [0.25, 0.3) is 0 Å². The molecule has 0 spiro atoms. The lowest BCUT2D eigenvalue weighted by Crippen LogP contribution is -2.36. The van der Waals surface area contributed by atoms with Crippen LogP contribution in [-0.2, 0) is 6.54 Å². The van der Waals surface area contributed by atoms with Crippen molar-refractivity contribution in [2.24, 2.45) is 0 Å². The maximum atomic E-state index is 12.8. The van der Waals surface area contributed by atoms with E-state index in [0.29, 0.717) is 9.88 Å². The molecule has 0 bridgehead atoms. The van der Waals surface area contributed by atoms with Gasteiger partial charge in [0, 0.05) is 25.7 Å². The van der Waals surface area contributed by atoms with Gasteiger partial charge in [-0.2, -0.15) is 0 Å². The molecule has 3 heterocycles. The zero-order valence-electron chi connectivity index (χ0n) is 16.2. The topological polar surface area (TPSA) is 74.6 Å². The van der Waals surface area contributed by atoms with E-state index in [9.17, 15) is 9.59 Å². The smallest absolute Gasteiger partial charge is 0.291 e. The summed E-state index contributed by atoms with van der Waals surface area (Å²) in [5.74, 6) is -0.167. The Labute approximate surface area is 173 Å². The SMILES string of the molecule is Cc1cc(NC(=O)c2ccco2)sc1C(=O)N[C@@H]1CCN(Cc2ccccc2)C1. The van der Waals surface area contributed by atoms with Gasteiger partial charge in [0.25, 0.3) is 11.8 Å². The summed E-state index contributed by atoms with van der Waals surface area (Å²) in [6.07, 6.45) is 2.39. The van der Waals surface area contributed by atoms with E-state index in [1.165, 1.54) is 23.2 Å². The number of benzene rings is 1. The highest BCUT2D eigenvalue weighted by Gasteiger charge is 2.25. The molecule has 0 unspecified atom stereocenters. The van der Waals surface area contributed by atoms with Gasteiger partial charge in [0.05, 0.1) is 16.1 Å². The van der Waals surface area contributed by atoms with Gasteiger partial charge in [-0.05, 0) is 42.7 Å². The van der Waals surface area contributed by atoms with Crippen LogP contribution in [0.3, 0.4) is 0 Å². The Morgan fingerprint density at radius 1 is 1.17 bits per heavy atom. The van der Waals surface area contributed by atoms with Crippen molar-refractivity contribution in [2.45, 2.75) is 25.9 Å². The predicted molar refractivity (Wildman–Crippen MR) is 113 cm³/mol. The number of anilines is 1. The Hall–Kier alpha value is -2.90. The lowest BCUT2D eigenvalue weighted by Gasteiger charge is -2.16. The highest BCUT2D eigenvalue weighted by molar-refractivity contribution is 7.18. The van der Waals surface area contributed by atoms with Crippen LogP contribution in [-0.4, -0.2) is 35.8 Å². The van der Waals surface area contributed by atoms with E-state index in [1.807, 2.05) is 31.2 Å². The fraction of sp³-hybridized carbons (Fsp3) is 0.273. The Morgan fingerprint density at radius 3 is 2.76 bits per heavy atom. The predicted octanol–water partition coefficient (Wildman–Crippen LogP) is 3.91. The first-order valence-electron chi connectivity index (χ1n) is 9.61. The molecule has 1 fully saturated rings. The molecule has 1 saturated heterocycles. The molecule has 1 aliphatic rings. The van der Waals surface area contributed by atoms with Crippen molar-refractivity contribution < 1.29 is 14.0 Å². The van der Waals surface area contributed by atoms with Gasteiger partial charge >= 0.3 is 0 Å². The fourth-order valence-corrected chi connectivity index (χ4v) is 4.51. The van der Waals surface area contributed by atoms with E-state index < -0.39 is 0 Å². The minimum absolute atomic E-state index is 0.0856. The highest BCUT2D eigenvalue weighted by Crippen LogP contribution is 2.27. The van der Waals surface area contributed by atoms with Crippen molar-refractivity contribution in [2.75, 3.05) is 18.4 Å². The van der Waals surface area contributed by atoms with Crippen molar-refractivity contribution in [3.8, 4) is 0 Å². The molecule has 29 heavy (non-hydrogen) atoms. The first-order valence-corrected chi connectivity index (χ1v) is 10.4. The van der Waals surface area contributed by atoms with Gasteiger partial charge in [-0.25, -0.2) is 0 Å². The van der Waals surface area contributed by atoms with Crippen molar-refractivity contribution in [1.82, 2.24) is 10.2 Å². The number of carbonyl (C=O) groups excluding carboxylic acids is 2. The summed E-state index contributed by atoms with van der Waals surface area (Å²) in [4.78, 5) is 27.9. The highest BCUT2D eigenvalue weighted by atomic mass is 32.1. The lowest BCUT2D eigenvalue weighted by atomic mass is 10.2. The molecule has 2 N–H and O–H groups in total. The van der Waals surface area contributed by atoms with Crippen LogP contribution in [0.15, 0.2) is 59.2 Å². The molecule has 0 saturated carbocycles. The maximum Gasteiger partial charge on any atom is 0.291 e. The summed E-state index contributed by atoms with van der Waals surface area (Å²) >= 11 is 1.28. The molecule has 1 aromatic carbocycles. The lowest BCUT2D eigenvalue weighted by molar-refractivity contribution is 0.0940. The van der Waals surface area contributed by atoms with Crippen molar-refractivity contribution in [3.05, 3.63) is 76.6 Å². The molecule has 1 atom stereocenters. The minimum Gasteiger partial charge on any atom is -0.459 e. The van der Waals surface area contributed by atoms with Crippen molar-refractivity contribution in [1.29, 1.82) is 0 Å². The van der Waals surface area contributed by atoms with Crippen molar-refractivity contribution in [3.63, 3.8) is 0 Å². The zero-order valence-corrected chi connectivity index (χ0v) is 17.0. The van der Waals surface area contributed by atoms with Crippen LogP contribution in [0.1, 0.15) is 37.8 Å². The number of nitrogens with zero attached hydrogens (tertiary/aromatic N) is 1. The average Bonchev–Trinajstić information content (AvgIpc) is 3.44. The van der Waals surface area contributed by atoms with Crippen molar-refractivity contribution >= 4 is 28.2 Å². The van der Waals surface area contributed by atoms with Crippen LogP contribution in [0, 0.1) is 6.92 Å². The van der Waals surface area contributed by atoms with Gasteiger partial charge in [-0.3, -0.25) is 14.5 Å². The molecule has 7 heteroatoms. The largest absolute Gasteiger partial charge is 0.459 e. The van der Waals surface area contributed by atoms with Gasteiger partial charge in [0.15, 0.2) is 5.76 Å². The third-order valence-corrected chi connectivity index (χ3v) is 6.11. The molecule has 150 valence electrons. The van der Waals surface area contributed by atoms with Crippen LogP contribution in [0.4, 0.5) is 5.00 Å². The third-order valence-electron chi connectivity index (χ3n) is 4.96. The van der Waals surface area contributed by atoms with Crippen LogP contribution < -0.4 is 10.6 Å². The van der Waals surface area contributed by atoms with Crippen LogP contribution >= 0.6 is 11.3 Å². The molecule has 4 rings (SSSR count). The number of rotatable bonds is 6. The molecule has 6 nitrogen and oxygen atoms in total. The Kier molecular flexibility index (Phi) is 5.78.